The highest BCUT2D eigenvalue weighted by Crippen LogP contribution is 2.67. The molecule has 2 unspecified atom stereocenters. The number of piperidine rings is 1. The van der Waals surface area contributed by atoms with Crippen LogP contribution < -0.4 is 10.6 Å². The van der Waals surface area contributed by atoms with Gasteiger partial charge in [0.15, 0.2) is 0 Å². The maximum absolute atomic E-state index is 13.3. The zero-order chi connectivity index (χ0) is 16.8. The van der Waals surface area contributed by atoms with Crippen LogP contribution in [0, 0.1) is 22.7 Å². The molecule has 2 atom stereocenters. The van der Waals surface area contributed by atoms with Gasteiger partial charge in [-0.2, -0.15) is 0 Å². The molecule has 1 amide bonds. The number of rotatable bonds is 4. The Kier molecular flexibility index (Phi) is 4.11. The van der Waals surface area contributed by atoms with Crippen molar-refractivity contribution in [1.29, 1.82) is 0 Å². The molecule has 132 valence electrons. The second kappa shape index (κ2) is 6.01. The fourth-order valence-electron chi connectivity index (χ4n) is 6.81. The highest BCUT2D eigenvalue weighted by molar-refractivity contribution is 5.83. The topological polar surface area (TPSA) is 41.1 Å². The SMILES string of the molecule is C=C/C(=C\C)C12CC3CC(CC(C(=O)NC4CCNCC4)(C3)C1)C2. The summed E-state index contributed by atoms with van der Waals surface area (Å²) < 4.78 is 0. The Labute approximate surface area is 146 Å². The summed E-state index contributed by atoms with van der Waals surface area (Å²) in [6.45, 7) is 8.28. The minimum atomic E-state index is -0.105. The number of nitrogens with one attached hydrogen (secondary N) is 2. The average Bonchev–Trinajstić information content (AvgIpc) is 2.55. The molecule has 1 heterocycles. The van der Waals surface area contributed by atoms with Gasteiger partial charge in [-0.15, -0.1) is 0 Å². The summed E-state index contributed by atoms with van der Waals surface area (Å²) in [5, 5.41) is 6.83. The zero-order valence-corrected chi connectivity index (χ0v) is 15.1. The largest absolute Gasteiger partial charge is 0.353 e. The van der Waals surface area contributed by atoms with E-state index in [2.05, 4.69) is 36.3 Å². The molecule has 0 radical (unpaired) electrons. The first-order valence-corrected chi connectivity index (χ1v) is 9.90. The molecule has 5 aliphatic rings. The number of amides is 1. The minimum absolute atomic E-state index is 0.105. The summed E-state index contributed by atoms with van der Waals surface area (Å²) in [5.41, 5.74) is 1.52. The molecule has 3 nitrogen and oxygen atoms in total. The van der Waals surface area contributed by atoms with Gasteiger partial charge >= 0.3 is 0 Å². The van der Waals surface area contributed by atoms with E-state index in [0.29, 0.717) is 11.9 Å². The van der Waals surface area contributed by atoms with Crippen LogP contribution in [0.1, 0.15) is 58.3 Å². The van der Waals surface area contributed by atoms with E-state index in [1.807, 2.05) is 0 Å². The van der Waals surface area contributed by atoms with Crippen molar-refractivity contribution in [1.82, 2.24) is 10.6 Å². The Morgan fingerprint density at radius 1 is 1.12 bits per heavy atom. The second-order valence-corrected chi connectivity index (χ2v) is 8.97. The van der Waals surface area contributed by atoms with Crippen molar-refractivity contribution in [2.75, 3.05) is 13.1 Å². The van der Waals surface area contributed by atoms with Crippen LogP contribution in [-0.4, -0.2) is 25.0 Å². The van der Waals surface area contributed by atoms with Gasteiger partial charge in [-0.05, 0) is 94.2 Å². The molecule has 0 aromatic heterocycles. The van der Waals surface area contributed by atoms with Crippen LogP contribution in [0.2, 0.25) is 0 Å². The van der Waals surface area contributed by atoms with Crippen LogP contribution >= 0.6 is 0 Å². The van der Waals surface area contributed by atoms with Crippen molar-refractivity contribution >= 4 is 5.91 Å². The van der Waals surface area contributed by atoms with E-state index in [1.165, 1.54) is 24.8 Å². The molecular weight excluding hydrogens is 296 g/mol. The third kappa shape index (κ3) is 2.56. The quantitative estimate of drug-likeness (QED) is 0.775. The Balaban J connectivity index is 1.58. The summed E-state index contributed by atoms with van der Waals surface area (Å²) in [6, 6.07) is 0.378. The molecular formula is C21H32N2O. The first-order valence-electron chi connectivity index (χ1n) is 9.90. The summed E-state index contributed by atoms with van der Waals surface area (Å²) in [5.74, 6) is 1.84. The fraction of sp³-hybridized carbons (Fsp3) is 0.762. The molecule has 4 saturated carbocycles. The van der Waals surface area contributed by atoms with Gasteiger partial charge in [0.05, 0.1) is 5.41 Å². The maximum Gasteiger partial charge on any atom is 0.226 e. The molecule has 4 bridgehead atoms. The molecule has 0 spiro atoms. The van der Waals surface area contributed by atoms with E-state index in [1.54, 1.807) is 0 Å². The molecule has 1 aliphatic heterocycles. The molecule has 0 aromatic rings. The van der Waals surface area contributed by atoms with E-state index in [0.717, 1.165) is 57.0 Å². The maximum atomic E-state index is 13.3. The lowest BCUT2D eigenvalue weighted by Gasteiger charge is -2.62. The van der Waals surface area contributed by atoms with Crippen molar-refractivity contribution < 1.29 is 4.79 Å². The van der Waals surface area contributed by atoms with Crippen molar-refractivity contribution in [3.05, 3.63) is 24.3 Å². The third-order valence-corrected chi connectivity index (χ3v) is 7.36. The second-order valence-electron chi connectivity index (χ2n) is 8.97. The van der Waals surface area contributed by atoms with Gasteiger partial charge in [-0.1, -0.05) is 18.7 Å². The molecule has 5 rings (SSSR count). The first-order chi connectivity index (χ1) is 11.6. The number of allylic oxidation sites excluding steroid dienone is 3. The van der Waals surface area contributed by atoms with Crippen LogP contribution in [0.4, 0.5) is 0 Å². The van der Waals surface area contributed by atoms with E-state index in [4.69, 9.17) is 0 Å². The lowest BCUT2D eigenvalue weighted by atomic mass is 9.42. The van der Waals surface area contributed by atoms with Gasteiger partial charge in [0, 0.05) is 6.04 Å². The summed E-state index contributed by atoms with van der Waals surface area (Å²) in [6.07, 6.45) is 13.7. The molecule has 24 heavy (non-hydrogen) atoms. The predicted molar refractivity (Wildman–Crippen MR) is 97.5 cm³/mol. The zero-order valence-electron chi connectivity index (χ0n) is 15.1. The minimum Gasteiger partial charge on any atom is -0.353 e. The average molecular weight is 329 g/mol. The van der Waals surface area contributed by atoms with Crippen LogP contribution in [-0.2, 0) is 4.79 Å². The highest BCUT2D eigenvalue weighted by Gasteiger charge is 2.61. The monoisotopic (exact) mass is 328 g/mol. The molecule has 1 saturated heterocycles. The Bertz CT molecular complexity index is 544. The van der Waals surface area contributed by atoms with E-state index in [-0.39, 0.29) is 10.8 Å². The van der Waals surface area contributed by atoms with Gasteiger partial charge in [0.1, 0.15) is 0 Å². The first kappa shape index (κ1) is 16.4. The summed E-state index contributed by atoms with van der Waals surface area (Å²) >= 11 is 0. The van der Waals surface area contributed by atoms with Gasteiger partial charge in [0.2, 0.25) is 5.91 Å². The summed E-state index contributed by atoms with van der Waals surface area (Å²) in [7, 11) is 0. The van der Waals surface area contributed by atoms with Crippen molar-refractivity contribution in [3.63, 3.8) is 0 Å². The van der Waals surface area contributed by atoms with Crippen molar-refractivity contribution in [2.24, 2.45) is 22.7 Å². The van der Waals surface area contributed by atoms with E-state index >= 15 is 0 Å². The number of hydrogen-bond acceptors (Lipinski definition) is 2. The normalized spacial score (nSPS) is 42.1. The van der Waals surface area contributed by atoms with Crippen LogP contribution in [0.15, 0.2) is 24.3 Å². The molecule has 0 aromatic carbocycles. The van der Waals surface area contributed by atoms with Crippen LogP contribution in [0.25, 0.3) is 0 Å². The van der Waals surface area contributed by atoms with Crippen LogP contribution in [0.5, 0.6) is 0 Å². The number of hydrogen-bond donors (Lipinski definition) is 2. The van der Waals surface area contributed by atoms with E-state index < -0.39 is 0 Å². The molecule has 3 heteroatoms. The number of carbonyl (C=O) groups excluding carboxylic acids is 1. The van der Waals surface area contributed by atoms with Gasteiger partial charge in [-0.3, -0.25) is 4.79 Å². The standard InChI is InChI=1S/C21H32N2O/c1-3-17(4-2)20-10-15-9-16(11-20)13-21(12-15,14-20)19(24)23-18-5-7-22-8-6-18/h3-4,15-16,18,22H,1,5-14H2,2H3,(H,23,24)/b17-4+. The van der Waals surface area contributed by atoms with Gasteiger partial charge in [0.25, 0.3) is 0 Å². The smallest absolute Gasteiger partial charge is 0.226 e. The Morgan fingerprint density at radius 3 is 2.33 bits per heavy atom. The predicted octanol–water partition coefficient (Wildman–Crippen LogP) is 3.57. The van der Waals surface area contributed by atoms with Gasteiger partial charge < -0.3 is 10.6 Å². The Morgan fingerprint density at radius 2 is 1.75 bits per heavy atom. The fourth-order valence-corrected chi connectivity index (χ4v) is 6.81. The van der Waals surface area contributed by atoms with Crippen molar-refractivity contribution in [2.45, 2.75) is 64.3 Å². The van der Waals surface area contributed by atoms with E-state index in [9.17, 15) is 4.79 Å². The number of carbonyl (C=O) groups is 1. The summed E-state index contributed by atoms with van der Waals surface area (Å²) in [4.78, 5) is 13.3. The lowest BCUT2D eigenvalue weighted by molar-refractivity contribution is -0.153. The van der Waals surface area contributed by atoms with Crippen LogP contribution in [0.3, 0.4) is 0 Å². The molecule has 5 fully saturated rings. The molecule has 4 aliphatic carbocycles. The molecule has 2 N–H and O–H groups in total. The van der Waals surface area contributed by atoms with Gasteiger partial charge in [-0.25, -0.2) is 0 Å². The lowest BCUT2D eigenvalue weighted by Crippen LogP contribution is -2.59. The third-order valence-electron chi connectivity index (χ3n) is 7.36. The van der Waals surface area contributed by atoms with Crippen molar-refractivity contribution in [3.8, 4) is 0 Å². The Hall–Kier alpha value is -1.09. The highest BCUT2D eigenvalue weighted by atomic mass is 16.2.